The molecule has 0 bridgehead atoms. The van der Waals surface area contributed by atoms with Gasteiger partial charge in [0.2, 0.25) is 0 Å². The highest BCUT2D eigenvalue weighted by atomic mass is 79.9. The summed E-state index contributed by atoms with van der Waals surface area (Å²) in [6.07, 6.45) is 3.14. The van der Waals surface area contributed by atoms with Gasteiger partial charge in [0.25, 0.3) is 5.56 Å². The number of allylic oxidation sites excluding steroid dienone is 1. The molecule has 0 saturated heterocycles. The van der Waals surface area contributed by atoms with Gasteiger partial charge < -0.3 is 10.4 Å². The summed E-state index contributed by atoms with van der Waals surface area (Å²) in [6.45, 7) is 5.71. The minimum atomic E-state index is -0.227. The Balaban J connectivity index is 3.02. The molecule has 1 aromatic heterocycles. The van der Waals surface area contributed by atoms with E-state index >= 15 is 0 Å². The van der Waals surface area contributed by atoms with E-state index < -0.39 is 0 Å². The molecule has 16 heavy (non-hydrogen) atoms. The number of hydrogen-bond acceptors (Lipinski definition) is 4. The van der Waals surface area contributed by atoms with Crippen molar-refractivity contribution in [3.05, 3.63) is 33.7 Å². The first-order valence-electron chi connectivity index (χ1n) is 4.84. The van der Waals surface area contributed by atoms with Crippen molar-refractivity contribution in [3.63, 3.8) is 0 Å². The van der Waals surface area contributed by atoms with E-state index in [0.29, 0.717) is 16.7 Å². The van der Waals surface area contributed by atoms with Crippen LogP contribution in [0.4, 0.5) is 5.69 Å². The topological polar surface area (TPSA) is 67.2 Å². The van der Waals surface area contributed by atoms with E-state index in [1.807, 2.05) is 6.92 Å². The third-order valence-corrected chi connectivity index (χ3v) is 2.73. The second-order valence-electron chi connectivity index (χ2n) is 3.38. The smallest absolute Gasteiger partial charge is 0.283 e. The van der Waals surface area contributed by atoms with Gasteiger partial charge in [-0.25, -0.2) is 4.68 Å². The Morgan fingerprint density at radius 1 is 1.81 bits per heavy atom. The van der Waals surface area contributed by atoms with E-state index in [2.05, 4.69) is 32.9 Å². The van der Waals surface area contributed by atoms with Crippen molar-refractivity contribution in [3.8, 4) is 0 Å². The van der Waals surface area contributed by atoms with Gasteiger partial charge in [-0.15, -0.1) is 6.58 Å². The van der Waals surface area contributed by atoms with E-state index in [0.717, 1.165) is 0 Å². The minimum Gasteiger partial charge on any atom is -0.394 e. The summed E-state index contributed by atoms with van der Waals surface area (Å²) in [5.74, 6) is 0. The first kappa shape index (κ1) is 12.9. The summed E-state index contributed by atoms with van der Waals surface area (Å²) in [4.78, 5) is 11.8. The third-order valence-electron chi connectivity index (χ3n) is 1.96. The minimum absolute atomic E-state index is 0.0117. The van der Waals surface area contributed by atoms with E-state index in [9.17, 15) is 4.79 Å². The van der Waals surface area contributed by atoms with Gasteiger partial charge in [0.05, 0.1) is 25.0 Å². The fourth-order valence-electron chi connectivity index (χ4n) is 1.13. The molecule has 1 rings (SSSR count). The first-order valence-corrected chi connectivity index (χ1v) is 5.63. The molecular formula is C10H14BrN3O2. The number of aliphatic hydroxyl groups excluding tert-OH is 1. The highest BCUT2D eigenvalue weighted by Crippen LogP contribution is 2.16. The standard InChI is InChI=1S/C10H14BrN3O2/c1-3-4-14-10(16)9(11)8(5-12-14)13-7(2)6-15/h3,5,7,13,15H,1,4,6H2,2H3. The summed E-state index contributed by atoms with van der Waals surface area (Å²) >= 11 is 3.21. The normalized spacial score (nSPS) is 12.2. The van der Waals surface area contributed by atoms with E-state index in [4.69, 9.17) is 5.11 Å². The quantitative estimate of drug-likeness (QED) is 0.793. The van der Waals surface area contributed by atoms with Crippen LogP contribution in [0.5, 0.6) is 0 Å². The van der Waals surface area contributed by atoms with Crippen LogP contribution in [0.2, 0.25) is 0 Å². The lowest BCUT2D eigenvalue weighted by molar-refractivity contribution is 0.281. The molecule has 1 aromatic rings. The van der Waals surface area contributed by atoms with Crippen molar-refractivity contribution in [2.75, 3.05) is 11.9 Å². The molecule has 1 heterocycles. The van der Waals surface area contributed by atoms with Crippen molar-refractivity contribution in [2.24, 2.45) is 0 Å². The van der Waals surface area contributed by atoms with Gasteiger partial charge >= 0.3 is 0 Å². The monoisotopic (exact) mass is 287 g/mol. The molecule has 0 radical (unpaired) electrons. The summed E-state index contributed by atoms with van der Waals surface area (Å²) in [6, 6.07) is -0.132. The largest absolute Gasteiger partial charge is 0.394 e. The number of aromatic nitrogens is 2. The number of halogens is 1. The van der Waals surface area contributed by atoms with Gasteiger partial charge in [0.15, 0.2) is 0 Å². The van der Waals surface area contributed by atoms with Crippen LogP contribution in [0, 0.1) is 0 Å². The average molecular weight is 288 g/mol. The van der Waals surface area contributed by atoms with Gasteiger partial charge in [0.1, 0.15) is 4.47 Å². The maximum Gasteiger partial charge on any atom is 0.283 e. The van der Waals surface area contributed by atoms with Crippen LogP contribution in [-0.2, 0) is 6.54 Å². The lowest BCUT2D eigenvalue weighted by atomic mass is 10.3. The molecule has 1 atom stereocenters. The van der Waals surface area contributed by atoms with E-state index in [-0.39, 0.29) is 18.2 Å². The number of aliphatic hydroxyl groups is 1. The second kappa shape index (κ2) is 5.81. The molecule has 6 heteroatoms. The van der Waals surface area contributed by atoms with E-state index in [1.165, 1.54) is 4.68 Å². The van der Waals surface area contributed by atoms with Crippen LogP contribution in [0.15, 0.2) is 28.1 Å². The Morgan fingerprint density at radius 2 is 2.50 bits per heavy atom. The third kappa shape index (κ3) is 2.93. The van der Waals surface area contributed by atoms with Gasteiger partial charge in [0, 0.05) is 6.04 Å². The van der Waals surface area contributed by atoms with Crippen molar-refractivity contribution in [1.29, 1.82) is 0 Å². The Morgan fingerprint density at radius 3 is 3.06 bits per heavy atom. The second-order valence-corrected chi connectivity index (χ2v) is 4.17. The van der Waals surface area contributed by atoms with Crippen LogP contribution in [0.3, 0.4) is 0 Å². The molecule has 0 aliphatic heterocycles. The SMILES string of the molecule is C=CCn1ncc(NC(C)CO)c(Br)c1=O. The van der Waals surface area contributed by atoms with Gasteiger partial charge in [-0.2, -0.15) is 5.10 Å². The van der Waals surface area contributed by atoms with Crippen molar-refractivity contribution in [1.82, 2.24) is 9.78 Å². The van der Waals surface area contributed by atoms with E-state index in [1.54, 1.807) is 12.3 Å². The fraction of sp³-hybridized carbons (Fsp3) is 0.400. The predicted octanol–water partition coefficient (Wildman–Crippen LogP) is 0.984. The van der Waals surface area contributed by atoms with Gasteiger partial charge in [-0.05, 0) is 22.9 Å². The molecule has 0 amide bonds. The molecule has 0 saturated carbocycles. The summed E-state index contributed by atoms with van der Waals surface area (Å²) in [7, 11) is 0. The predicted molar refractivity (Wildman–Crippen MR) is 66.6 cm³/mol. The molecule has 88 valence electrons. The number of anilines is 1. The first-order chi connectivity index (χ1) is 7.60. The Bertz CT molecular complexity index is 431. The zero-order valence-electron chi connectivity index (χ0n) is 8.98. The van der Waals surface area contributed by atoms with Crippen LogP contribution < -0.4 is 10.9 Å². The fourth-order valence-corrected chi connectivity index (χ4v) is 1.55. The molecule has 0 spiro atoms. The maximum atomic E-state index is 11.8. The zero-order valence-corrected chi connectivity index (χ0v) is 10.6. The number of rotatable bonds is 5. The van der Waals surface area contributed by atoms with Gasteiger partial charge in [-0.1, -0.05) is 6.08 Å². The average Bonchev–Trinajstić information content (AvgIpc) is 2.28. The lowest BCUT2D eigenvalue weighted by Gasteiger charge is -2.13. The summed E-state index contributed by atoms with van der Waals surface area (Å²) in [5.41, 5.74) is 0.349. The Labute approximate surface area is 102 Å². The summed E-state index contributed by atoms with van der Waals surface area (Å²) < 4.78 is 1.70. The molecule has 1 unspecified atom stereocenters. The highest BCUT2D eigenvalue weighted by molar-refractivity contribution is 9.10. The van der Waals surface area contributed by atoms with Crippen LogP contribution in [0.25, 0.3) is 0 Å². The number of nitrogens with one attached hydrogen (secondary N) is 1. The van der Waals surface area contributed by atoms with Crippen LogP contribution in [0.1, 0.15) is 6.92 Å². The Hall–Kier alpha value is -1.14. The lowest BCUT2D eigenvalue weighted by Crippen LogP contribution is -2.26. The van der Waals surface area contributed by atoms with Crippen LogP contribution >= 0.6 is 15.9 Å². The van der Waals surface area contributed by atoms with Crippen molar-refractivity contribution in [2.45, 2.75) is 19.5 Å². The van der Waals surface area contributed by atoms with Gasteiger partial charge in [-0.3, -0.25) is 4.79 Å². The molecular weight excluding hydrogens is 274 g/mol. The molecule has 0 aromatic carbocycles. The summed E-state index contributed by atoms with van der Waals surface area (Å²) in [5, 5.41) is 15.8. The molecule has 2 N–H and O–H groups in total. The molecule has 0 fully saturated rings. The number of hydrogen-bond donors (Lipinski definition) is 2. The van der Waals surface area contributed by atoms with Crippen molar-refractivity contribution >= 4 is 21.6 Å². The maximum absolute atomic E-state index is 11.8. The molecule has 0 aliphatic carbocycles. The van der Waals surface area contributed by atoms with Crippen molar-refractivity contribution < 1.29 is 5.11 Å². The van der Waals surface area contributed by atoms with Crippen LogP contribution in [-0.4, -0.2) is 27.5 Å². The Kier molecular flexibility index (Phi) is 4.70. The molecule has 0 aliphatic rings. The zero-order chi connectivity index (χ0) is 12.1. The molecule has 5 nitrogen and oxygen atoms in total. The number of nitrogens with zero attached hydrogens (tertiary/aromatic N) is 2. The highest BCUT2D eigenvalue weighted by Gasteiger charge is 2.09.